The number of hydrogen-bond acceptors (Lipinski definition) is 2. The van der Waals surface area contributed by atoms with Crippen LogP contribution in [0.4, 0.5) is 0 Å². The van der Waals surface area contributed by atoms with E-state index < -0.39 is 0 Å². The van der Waals surface area contributed by atoms with E-state index in [-0.39, 0.29) is 0 Å². The summed E-state index contributed by atoms with van der Waals surface area (Å²) in [4.78, 5) is 2.61. The minimum atomic E-state index is 0.800. The fraction of sp³-hybridized carbons (Fsp3) is 0.360. The smallest absolute Gasteiger partial charge is 0.0233 e. The van der Waals surface area contributed by atoms with Gasteiger partial charge in [0.2, 0.25) is 0 Å². The van der Waals surface area contributed by atoms with E-state index in [0.717, 1.165) is 25.6 Å². The minimum absolute atomic E-state index is 0.800. The van der Waals surface area contributed by atoms with Crippen LogP contribution in [0.2, 0.25) is 0 Å². The second kappa shape index (κ2) is 8.69. The Bertz CT molecular complexity index is 873. The molecular formula is C25H30N2. The van der Waals surface area contributed by atoms with Gasteiger partial charge in [0.1, 0.15) is 0 Å². The fourth-order valence-electron chi connectivity index (χ4n) is 4.27. The molecule has 140 valence electrons. The first-order chi connectivity index (χ1) is 13.3. The van der Waals surface area contributed by atoms with Gasteiger partial charge in [-0.15, -0.1) is 0 Å². The maximum Gasteiger partial charge on any atom is 0.0233 e. The lowest BCUT2D eigenvalue weighted by molar-refractivity contribution is 0.175. The number of hydrogen-bond donors (Lipinski definition) is 1. The van der Waals surface area contributed by atoms with Gasteiger partial charge in [-0.2, -0.15) is 0 Å². The maximum absolute atomic E-state index is 3.72. The molecule has 0 aromatic heterocycles. The molecule has 0 radical (unpaired) electrons. The topological polar surface area (TPSA) is 15.3 Å². The summed E-state index contributed by atoms with van der Waals surface area (Å²) in [6.07, 6.45) is 2.60. The lowest BCUT2D eigenvalue weighted by Crippen LogP contribution is -2.36. The summed E-state index contributed by atoms with van der Waals surface area (Å²) >= 11 is 0. The van der Waals surface area contributed by atoms with Gasteiger partial charge in [0, 0.05) is 13.1 Å². The summed E-state index contributed by atoms with van der Waals surface area (Å²) in [6.45, 7) is 7.80. The van der Waals surface area contributed by atoms with E-state index in [4.69, 9.17) is 0 Å². The zero-order chi connectivity index (χ0) is 18.5. The number of fused-ring (bicyclic) bond motifs is 1. The van der Waals surface area contributed by atoms with E-state index in [1.54, 1.807) is 0 Å². The van der Waals surface area contributed by atoms with Crippen LogP contribution in [0.1, 0.15) is 29.5 Å². The molecule has 0 bridgehead atoms. The fourth-order valence-corrected chi connectivity index (χ4v) is 4.27. The average Bonchev–Trinajstić information content (AvgIpc) is 2.70. The van der Waals surface area contributed by atoms with E-state index in [2.05, 4.69) is 83.9 Å². The Balaban J connectivity index is 1.24. The van der Waals surface area contributed by atoms with Crippen LogP contribution in [0.5, 0.6) is 0 Å². The van der Waals surface area contributed by atoms with Crippen molar-refractivity contribution in [1.82, 2.24) is 10.2 Å². The Morgan fingerprint density at radius 2 is 1.70 bits per heavy atom. The molecule has 4 rings (SSSR count). The molecule has 0 spiro atoms. The van der Waals surface area contributed by atoms with Crippen molar-refractivity contribution < 1.29 is 0 Å². The first kappa shape index (κ1) is 18.2. The Morgan fingerprint density at radius 3 is 2.56 bits per heavy atom. The van der Waals surface area contributed by atoms with Crippen LogP contribution in [-0.4, -0.2) is 24.5 Å². The van der Waals surface area contributed by atoms with Crippen molar-refractivity contribution in [2.24, 2.45) is 5.92 Å². The van der Waals surface area contributed by atoms with E-state index in [9.17, 15) is 0 Å². The number of aryl methyl sites for hydroxylation is 1. The molecule has 0 atom stereocenters. The summed E-state index contributed by atoms with van der Waals surface area (Å²) in [7, 11) is 0. The van der Waals surface area contributed by atoms with Crippen molar-refractivity contribution in [2.45, 2.75) is 32.9 Å². The normalized spacial score (nSPS) is 16.0. The molecule has 27 heavy (non-hydrogen) atoms. The van der Waals surface area contributed by atoms with Crippen molar-refractivity contribution in [3.8, 4) is 0 Å². The monoisotopic (exact) mass is 358 g/mol. The van der Waals surface area contributed by atoms with Gasteiger partial charge in [-0.25, -0.2) is 0 Å². The van der Waals surface area contributed by atoms with Gasteiger partial charge in [-0.3, -0.25) is 4.90 Å². The van der Waals surface area contributed by atoms with Crippen LogP contribution in [0.3, 0.4) is 0 Å². The van der Waals surface area contributed by atoms with Gasteiger partial charge in [0.25, 0.3) is 0 Å². The van der Waals surface area contributed by atoms with Crippen molar-refractivity contribution in [3.63, 3.8) is 0 Å². The number of rotatable bonds is 6. The highest BCUT2D eigenvalue weighted by molar-refractivity contribution is 5.85. The van der Waals surface area contributed by atoms with Crippen LogP contribution < -0.4 is 5.32 Å². The number of nitrogens with zero attached hydrogens (tertiary/aromatic N) is 1. The van der Waals surface area contributed by atoms with Gasteiger partial charge in [0.05, 0.1) is 0 Å². The number of nitrogens with one attached hydrogen (secondary N) is 1. The zero-order valence-corrected chi connectivity index (χ0v) is 16.3. The van der Waals surface area contributed by atoms with Gasteiger partial charge >= 0.3 is 0 Å². The van der Waals surface area contributed by atoms with Crippen molar-refractivity contribution in [1.29, 1.82) is 0 Å². The van der Waals surface area contributed by atoms with Crippen molar-refractivity contribution >= 4 is 10.8 Å². The summed E-state index contributed by atoms with van der Waals surface area (Å²) in [5, 5.41) is 6.43. The van der Waals surface area contributed by atoms with Crippen LogP contribution >= 0.6 is 0 Å². The van der Waals surface area contributed by atoms with Gasteiger partial charge in [-0.1, -0.05) is 72.3 Å². The molecule has 1 heterocycles. The van der Waals surface area contributed by atoms with Crippen LogP contribution in [0.25, 0.3) is 10.8 Å². The predicted molar refractivity (Wildman–Crippen MR) is 115 cm³/mol. The first-order valence-corrected chi connectivity index (χ1v) is 10.2. The molecule has 2 nitrogen and oxygen atoms in total. The number of piperidine rings is 1. The Labute approximate surface area is 163 Å². The van der Waals surface area contributed by atoms with Crippen LogP contribution in [0, 0.1) is 12.8 Å². The lowest BCUT2D eigenvalue weighted by atomic mass is 9.96. The average molecular weight is 359 g/mol. The standard InChI is InChI=1S/C25H30N2/c1-20-6-4-7-22(16-20)19-27-14-12-21(13-15-27)17-26-18-24-10-5-9-23-8-2-3-11-25(23)24/h2-11,16,21,26H,12-15,17-19H2,1H3. The molecule has 3 aromatic rings. The Morgan fingerprint density at radius 1 is 0.926 bits per heavy atom. The number of benzene rings is 3. The zero-order valence-electron chi connectivity index (χ0n) is 16.3. The van der Waals surface area contributed by atoms with E-state index in [1.165, 1.54) is 53.4 Å². The quantitative estimate of drug-likeness (QED) is 0.655. The molecule has 1 N–H and O–H groups in total. The molecule has 1 fully saturated rings. The highest BCUT2D eigenvalue weighted by Gasteiger charge is 2.19. The molecule has 2 heteroatoms. The van der Waals surface area contributed by atoms with Gasteiger partial charge in [0.15, 0.2) is 0 Å². The third-order valence-corrected chi connectivity index (χ3v) is 5.82. The SMILES string of the molecule is Cc1cccc(CN2CCC(CNCc3cccc4ccccc34)CC2)c1. The molecule has 1 aliphatic heterocycles. The molecule has 0 amide bonds. The lowest BCUT2D eigenvalue weighted by Gasteiger charge is -2.32. The third kappa shape index (κ3) is 4.77. The molecule has 1 aliphatic rings. The Hall–Kier alpha value is -2.16. The Kier molecular flexibility index (Phi) is 5.86. The second-order valence-electron chi connectivity index (χ2n) is 7.98. The minimum Gasteiger partial charge on any atom is -0.312 e. The molecule has 0 aliphatic carbocycles. The summed E-state index contributed by atoms with van der Waals surface area (Å²) in [5.41, 5.74) is 4.22. The molecule has 1 saturated heterocycles. The third-order valence-electron chi connectivity index (χ3n) is 5.82. The highest BCUT2D eigenvalue weighted by Crippen LogP contribution is 2.21. The van der Waals surface area contributed by atoms with Gasteiger partial charge in [-0.05, 0) is 67.2 Å². The molecular weight excluding hydrogens is 328 g/mol. The number of likely N-dealkylation sites (tertiary alicyclic amines) is 1. The van der Waals surface area contributed by atoms with E-state index in [1.807, 2.05) is 0 Å². The first-order valence-electron chi connectivity index (χ1n) is 10.2. The summed E-state index contributed by atoms with van der Waals surface area (Å²) in [5.74, 6) is 0.800. The molecule has 3 aromatic carbocycles. The highest BCUT2D eigenvalue weighted by atomic mass is 15.1. The van der Waals surface area contributed by atoms with Crippen molar-refractivity contribution in [3.05, 3.63) is 83.4 Å². The van der Waals surface area contributed by atoms with Crippen LogP contribution in [-0.2, 0) is 13.1 Å². The van der Waals surface area contributed by atoms with Crippen LogP contribution in [0.15, 0.2) is 66.7 Å². The second-order valence-corrected chi connectivity index (χ2v) is 7.98. The molecule has 0 unspecified atom stereocenters. The van der Waals surface area contributed by atoms with Crippen molar-refractivity contribution in [2.75, 3.05) is 19.6 Å². The maximum atomic E-state index is 3.72. The summed E-state index contributed by atoms with van der Waals surface area (Å²) in [6, 6.07) is 24.2. The van der Waals surface area contributed by atoms with Gasteiger partial charge < -0.3 is 5.32 Å². The summed E-state index contributed by atoms with van der Waals surface area (Å²) < 4.78 is 0. The van der Waals surface area contributed by atoms with E-state index >= 15 is 0 Å². The molecule has 0 saturated carbocycles. The largest absolute Gasteiger partial charge is 0.312 e. The van der Waals surface area contributed by atoms with E-state index in [0.29, 0.717) is 0 Å². The predicted octanol–water partition coefficient (Wildman–Crippen LogP) is 5.15.